The van der Waals surface area contributed by atoms with Crippen molar-refractivity contribution < 1.29 is 18.7 Å². The first-order chi connectivity index (χ1) is 20.6. The number of rotatable bonds is 13. The normalized spacial score (nSPS) is 33.8. The third-order valence-corrected chi connectivity index (χ3v) is 10.1. The molecule has 0 aromatic rings. The molecule has 2 saturated heterocycles. The maximum atomic E-state index is 14.8. The van der Waals surface area contributed by atoms with Gasteiger partial charge in [-0.2, -0.15) is 0 Å². The van der Waals surface area contributed by atoms with E-state index in [0.717, 1.165) is 64.3 Å². The topological polar surface area (TPSA) is 138 Å². The summed E-state index contributed by atoms with van der Waals surface area (Å²) in [7, 11) is 3.49. The number of halogens is 1. The van der Waals surface area contributed by atoms with Gasteiger partial charge in [-0.25, -0.2) is 4.39 Å². The van der Waals surface area contributed by atoms with E-state index >= 15 is 0 Å². The molecule has 11 heteroatoms. The smallest absolute Gasteiger partial charge is 0.252 e. The number of nitrogens with zero attached hydrogens (tertiary/aromatic N) is 3. The molecule has 3 heterocycles. The molecule has 0 aliphatic carbocycles. The molecule has 0 spiro atoms. The summed E-state index contributed by atoms with van der Waals surface area (Å²) >= 11 is 0. The maximum absolute atomic E-state index is 14.8. The molecule has 8 atom stereocenters. The predicted octanol–water partition coefficient (Wildman–Crippen LogP) is 2.59. The minimum absolute atomic E-state index is 0.0263. The molecule has 0 aromatic carbocycles. The summed E-state index contributed by atoms with van der Waals surface area (Å²) in [5.41, 5.74) is 12.6. The number of hydrogen-bond acceptors (Lipinski definition) is 8. The minimum Gasteiger partial charge on any atom is -0.366 e. The highest BCUT2D eigenvalue weighted by Gasteiger charge is 2.44. The third kappa shape index (κ3) is 9.66. The van der Waals surface area contributed by atoms with Crippen LogP contribution >= 0.6 is 0 Å². The summed E-state index contributed by atoms with van der Waals surface area (Å²) in [6.07, 6.45) is 8.47. The van der Waals surface area contributed by atoms with Gasteiger partial charge in [-0.1, -0.05) is 52.9 Å². The Morgan fingerprint density at radius 1 is 1.21 bits per heavy atom. The number of amides is 2. The molecule has 3 aliphatic rings. The second kappa shape index (κ2) is 17.1. The van der Waals surface area contributed by atoms with Crippen LogP contribution in [0.5, 0.6) is 0 Å². The summed E-state index contributed by atoms with van der Waals surface area (Å²) in [6, 6.07) is -0.605. The number of piperidine rings is 1. The van der Waals surface area contributed by atoms with Gasteiger partial charge in [-0.15, -0.1) is 0 Å². The van der Waals surface area contributed by atoms with Crippen molar-refractivity contribution >= 4 is 18.0 Å². The van der Waals surface area contributed by atoms with Crippen LogP contribution in [0.25, 0.3) is 0 Å². The first-order valence-corrected chi connectivity index (χ1v) is 16.8. The van der Waals surface area contributed by atoms with Crippen molar-refractivity contribution in [2.45, 2.75) is 134 Å². The van der Waals surface area contributed by atoms with Crippen molar-refractivity contribution in [3.05, 3.63) is 0 Å². The highest BCUT2D eigenvalue weighted by Crippen LogP contribution is 2.42. The molecular weight excluding hydrogens is 549 g/mol. The first-order valence-electron chi connectivity index (χ1n) is 16.8. The minimum atomic E-state index is -1.14. The number of nitrogens with one attached hydrogen (secondary N) is 2. The lowest BCUT2D eigenvalue weighted by Gasteiger charge is -2.47. The Hall–Kier alpha value is -1.66. The van der Waals surface area contributed by atoms with Crippen molar-refractivity contribution in [2.75, 3.05) is 40.3 Å². The van der Waals surface area contributed by atoms with Crippen LogP contribution in [-0.2, 0) is 14.3 Å². The Bertz CT molecular complexity index is 906. The fourth-order valence-corrected chi connectivity index (χ4v) is 7.40. The van der Waals surface area contributed by atoms with Crippen LogP contribution in [0.1, 0.15) is 91.4 Å². The van der Waals surface area contributed by atoms with Gasteiger partial charge >= 0.3 is 0 Å². The summed E-state index contributed by atoms with van der Waals surface area (Å²) in [6.45, 7) is 8.96. The van der Waals surface area contributed by atoms with Gasteiger partial charge in [0.05, 0.1) is 30.8 Å². The van der Waals surface area contributed by atoms with Crippen molar-refractivity contribution in [1.29, 1.82) is 0 Å². The second-order valence-corrected chi connectivity index (χ2v) is 13.4. The second-order valence-electron chi connectivity index (χ2n) is 13.4. The van der Waals surface area contributed by atoms with E-state index in [1.807, 2.05) is 0 Å². The molecule has 8 unspecified atom stereocenters. The van der Waals surface area contributed by atoms with E-state index in [4.69, 9.17) is 16.2 Å². The van der Waals surface area contributed by atoms with Crippen LogP contribution in [0.2, 0.25) is 0 Å². The third-order valence-electron chi connectivity index (χ3n) is 10.1. The van der Waals surface area contributed by atoms with Gasteiger partial charge < -0.3 is 31.7 Å². The van der Waals surface area contributed by atoms with Crippen LogP contribution in [0.3, 0.4) is 0 Å². The van der Waals surface area contributed by atoms with Crippen LogP contribution in [0.15, 0.2) is 4.99 Å². The van der Waals surface area contributed by atoms with Gasteiger partial charge in [0.25, 0.3) is 5.91 Å². The van der Waals surface area contributed by atoms with E-state index < -0.39 is 30.4 Å². The number of carbonyl (C=O) groups is 2. The number of alkyl halides is 1. The Kier molecular flexibility index (Phi) is 14.3. The predicted molar refractivity (Wildman–Crippen MR) is 171 cm³/mol. The van der Waals surface area contributed by atoms with Crippen LogP contribution in [0.4, 0.5) is 4.39 Å². The Balaban J connectivity index is 1.89. The SMILES string of the molecule is CCCCC1NCCC(N2CCOC(C(=O)N(C)C)C2)C1NC(=O)C(C(N)N)C1CC(CC)(CCCC)CCC(F)/C=N\1. The van der Waals surface area contributed by atoms with Gasteiger partial charge in [0, 0.05) is 45.5 Å². The standard InChI is InChI=1S/C32H60FN7O3/c1-6-9-11-23-28(25(13-16-36-23)40-17-18-43-26(21-40)31(42)39(4)5)38-30(41)27(29(34)35)24-19-32(8-3,14-10-7-2)15-12-22(33)20-37-24/h20,22-29,36H,6-19,21,34-35H2,1-5H3,(H,38,41)/b37-20-. The van der Waals surface area contributed by atoms with Gasteiger partial charge in [-0.05, 0) is 50.5 Å². The van der Waals surface area contributed by atoms with Crippen molar-refractivity contribution in [1.82, 2.24) is 20.4 Å². The molecule has 248 valence electrons. The van der Waals surface area contributed by atoms with E-state index in [1.54, 1.807) is 19.0 Å². The van der Waals surface area contributed by atoms with E-state index in [2.05, 4.69) is 41.3 Å². The van der Waals surface area contributed by atoms with Crippen LogP contribution < -0.4 is 22.1 Å². The number of nitrogens with two attached hydrogens (primary N) is 2. The molecule has 0 saturated carbocycles. The number of unbranched alkanes of at least 4 members (excludes halogenated alkanes) is 2. The summed E-state index contributed by atoms with van der Waals surface area (Å²) in [5, 5.41) is 7.06. The molecular formula is C32H60FN7O3. The van der Waals surface area contributed by atoms with Crippen LogP contribution in [0, 0.1) is 11.3 Å². The quantitative estimate of drug-likeness (QED) is 0.236. The summed E-state index contributed by atoms with van der Waals surface area (Å²) < 4.78 is 20.7. The van der Waals surface area contributed by atoms with Crippen molar-refractivity contribution in [3.63, 3.8) is 0 Å². The van der Waals surface area contributed by atoms with Gasteiger partial charge in [0.1, 0.15) is 12.3 Å². The zero-order valence-electron chi connectivity index (χ0n) is 27.4. The monoisotopic (exact) mass is 609 g/mol. The molecule has 0 bridgehead atoms. The van der Waals surface area contributed by atoms with Gasteiger partial charge in [0.15, 0.2) is 0 Å². The highest BCUT2D eigenvalue weighted by atomic mass is 19.1. The molecule has 3 rings (SSSR count). The van der Waals surface area contributed by atoms with Gasteiger partial charge in [0.2, 0.25) is 5.91 Å². The average molecular weight is 610 g/mol. The van der Waals surface area contributed by atoms with E-state index in [1.165, 1.54) is 6.21 Å². The lowest BCUT2D eigenvalue weighted by Crippen LogP contribution is -2.68. The maximum Gasteiger partial charge on any atom is 0.252 e. The number of carbonyl (C=O) groups excluding carboxylic acids is 2. The molecule has 2 fully saturated rings. The number of morpholine rings is 1. The molecule has 3 aliphatic heterocycles. The van der Waals surface area contributed by atoms with E-state index in [-0.39, 0.29) is 35.4 Å². The fourth-order valence-electron chi connectivity index (χ4n) is 7.40. The van der Waals surface area contributed by atoms with E-state index in [0.29, 0.717) is 32.5 Å². The fraction of sp³-hybridized carbons (Fsp3) is 0.906. The number of hydrogen-bond donors (Lipinski definition) is 4. The molecule has 0 aromatic heterocycles. The van der Waals surface area contributed by atoms with Crippen molar-refractivity contribution in [3.8, 4) is 0 Å². The Morgan fingerprint density at radius 3 is 2.60 bits per heavy atom. The Labute approximate surface area is 259 Å². The zero-order chi connectivity index (χ0) is 31.6. The number of likely N-dealkylation sites (N-methyl/N-ethyl adjacent to an activating group) is 1. The first kappa shape index (κ1) is 35.8. The number of aliphatic imine (C=N–C) groups is 1. The molecule has 10 nitrogen and oxygen atoms in total. The molecule has 6 N–H and O–H groups in total. The van der Waals surface area contributed by atoms with E-state index in [9.17, 15) is 14.0 Å². The Morgan fingerprint density at radius 2 is 1.95 bits per heavy atom. The summed E-state index contributed by atoms with van der Waals surface area (Å²) in [4.78, 5) is 35.6. The number of ether oxygens (including phenoxy) is 1. The summed E-state index contributed by atoms with van der Waals surface area (Å²) in [5.74, 6) is -1.05. The average Bonchev–Trinajstić information content (AvgIpc) is 2.99. The largest absolute Gasteiger partial charge is 0.366 e. The van der Waals surface area contributed by atoms with Gasteiger partial charge in [-0.3, -0.25) is 19.5 Å². The molecule has 43 heavy (non-hydrogen) atoms. The molecule has 2 amide bonds. The zero-order valence-corrected chi connectivity index (χ0v) is 27.4. The lowest BCUT2D eigenvalue weighted by atomic mass is 9.69. The van der Waals surface area contributed by atoms with Crippen molar-refractivity contribution in [2.24, 2.45) is 27.8 Å². The van der Waals surface area contributed by atoms with Crippen LogP contribution in [-0.4, -0.2) is 111 Å². The highest BCUT2D eigenvalue weighted by molar-refractivity contribution is 5.81. The lowest BCUT2D eigenvalue weighted by molar-refractivity contribution is -0.149. The molecule has 0 radical (unpaired) electrons.